The van der Waals surface area contributed by atoms with E-state index in [9.17, 15) is 14.0 Å². The highest BCUT2D eigenvalue weighted by Crippen LogP contribution is 2.21. The number of rotatable bonds is 6. The Morgan fingerprint density at radius 2 is 2.00 bits per heavy atom. The van der Waals surface area contributed by atoms with Gasteiger partial charge in [0.2, 0.25) is 0 Å². The zero-order valence-electron chi connectivity index (χ0n) is 13.6. The van der Waals surface area contributed by atoms with Gasteiger partial charge in [0.1, 0.15) is 11.6 Å². The number of anilines is 2. The van der Waals surface area contributed by atoms with Gasteiger partial charge >= 0.3 is 6.03 Å². The van der Waals surface area contributed by atoms with Crippen LogP contribution in [0.3, 0.4) is 0 Å². The van der Waals surface area contributed by atoms with Crippen LogP contribution in [0.15, 0.2) is 34.9 Å². The van der Waals surface area contributed by atoms with Crippen molar-refractivity contribution in [1.82, 2.24) is 5.32 Å². The highest BCUT2D eigenvalue weighted by molar-refractivity contribution is 6.05. The van der Waals surface area contributed by atoms with Crippen molar-refractivity contribution in [2.45, 2.75) is 26.7 Å². The van der Waals surface area contributed by atoms with E-state index in [0.717, 1.165) is 12.8 Å². The predicted octanol–water partition coefficient (Wildman–Crippen LogP) is 3.90. The molecule has 3 amide bonds. The van der Waals surface area contributed by atoms with E-state index >= 15 is 0 Å². The molecule has 0 spiro atoms. The summed E-state index contributed by atoms with van der Waals surface area (Å²) in [6.45, 7) is 4.23. The molecule has 0 bridgehead atoms. The molecule has 0 atom stereocenters. The zero-order chi connectivity index (χ0) is 17.5. The van der Waals surface area contributed by atoms with Gasteiger partial charge in [0.25, 0.3) is 5.91 Å². The summed E-state index contributed by atoms with van der Waals surface area (Å²) in [4.78, 5) is 23.8. The number of furan rings is 1. The van der Waals surface area contributed by atoms with Crippen LogP contribution in [-0.4, -0.2) is 18.5 Å². The zero-order valence-corrected chi connectivity index (χ0v) is 13.6. The molecule has 24 heavy (non-hydrogen) atoms. The second kappa shape index (κ2) is 8.14. The van der Waals surface area contributed by atoms with Crippen LogP contribution >= 0.6 is 0 Å². The number of benzene rings is 1. The topological polar surface area (TPSA) is 83.4 Å². The Labute approximate surface area is 139 Å². The van der Waals surface area contributed by atoms with Crippen LogP contribution in [0.5, 0.6) is 0 Å². The van der Waals surface area contributed by atoms with Gasteiger partial charge in [-0.15, -0.1) is 0 Å². The minimum absolute atomic E-state index is 0.0213. The minimum Gasteiger partial charge on any atom is -0.469 e. The summed E-state index contributed by atoms with van der Waals surface area (Å²) in [6, 6.07) is 5.10. The monoisotopic (exact) mass is 333 g/mol. The van der Waals surface area contributed by atoms with Gasteiger partial charge in [-0.25, -0.2) is 9.18 Å². The molecule has 1 aromatic carbocycles. The molecule has 0 saturated heterocycles. The van der Waals surface area contributed by atoms with Crippen LogP contribution in [0.4, 0.5) is 20.6 Å². The van der Waals surface area contributed by atoms with Crippen molar-refractivity contribution in [2.75, 3.05) is 17.2 Å². The molecule has 2 aromatic rings. The number of nitrogens with one attached hydrogen (secondary N) is 3. The summed E-state index contributed by atoms with van der Waals surface area (Å²) < 4.78 is 18.9. The minimum atomic E-state index is -0.596. The van der Waals surface area contributed by atoms with Gasteiger partial charge in [-0.05, 0) is 37.6 Å². The molecule has 0 aliphatic rings. The molecule has 1 aromatic heterocycles. The third-order valence-electron chi connectivity index (χ3n) is 3.39. The number of unbranched alkanes of at least 4 members (excludes halogenated alkanes) is 1. The SMILES string of the molecule is CCCCNC(=O)Nc1ccc(F)c(NC(=O)c2ccoc2C)c1. The quantitative estimate of drug-likeness (QED) is 0.701. The van der Waals surface area contributed by atoms with Crippen molar-refractivity contribution in [3.05, 3.63) is 47.7 Å². The van der Waals surface area contributed by atoms with E-state index in [0.29, 0.717) is 23.6 Å². The lowest BCUT2D eigenvalue weighted by atomic mass is 10.2. The molecule has 0 unspecified atom stereocenters. The Bertz CT molecular complexity index is 728. The third kappa shape index (κ3) is 4.58. The summed E-state index contributed by atoms with van der Waals surface area (Å²) in [5, 5.41) is 7.77. The second-order valence-electron chi connectivity index (χ2n) is 5.27. The fourth-order valence-corrected chi connectivity index (χ4v) is 2.06. The van der Waals surface area contributed by atoms with Crippen molar-refractivity contribution in [3.8, 4) is 0 Å². The number of carbonyl (C=O) groups excluding carboxylic acids is 2. The van der Waals surface area contributed by atoms with E-state index in [2.05, 4.69) is 16.0 Å². The van der Waals surface area contributed by atoms with Crippen molar-refractivity contribution in [2.24, 2.45) is 0 Å². The highest BCUT2D eigenvalue weighted by atomic mass is 19.1. The first-order valence-corrected chi connectivity index (χ1v) is 7.71. The van der Waals surface area contributed by atoms with E-state index in [1.54, 1.807) is 6.92 Å². The molecule has 3 N–H and O–H groups in total. The molecule has 0 aliphatic heterocycles. The highest BCUT2D eigenvalue weighted by Gasteiger charge is 2.14. The lowest BCUT2D eigenvalue weighted by molar-refractivity contribution is 0.102. The summed E-state index contributed by atoms with van der Waals surface area (Å²) in [7, 11) is 0. The fraction of sp³-hybridized carbons (Fsp3) is 0.294. The van der Waals surface area contributed by atoms with Crippen molar-refractivity contribution in [1.29, 1.82) is 0 Å². The standard InChI is InChI=1S/C17H20FN3O3/c1-3-4-8-19-17(23)20-12-5-6-14(18)15(10-12)21-16(22)13-7-9-24-11(13)2/h5-7,9-10H,3-4,8H2,1-2H3,(H,21,22)(H2,19,20,23). The first-order chi connectivity index (χ1) is 11.5. The Kier molecular flexibility index (Phi) is 5.95. The van der Waals surface area contributed by atoms with E-state index in [-0.39, 0.29) is 11.7 Å². The summed E-state index contributed by atoms with van der Waals surface area (Å²) >= 11 is 0. The van der Waals surface area contributed by atoms with Crippen LogP contribution in [0, 0.1) is 12.7 Å². The maximum atomic E-state index is 13.9. The third-order valence-corrected chi connectivity index (χ3v) is 3.39. The maximum absolute atomic E-state index is 13.9. The van der Waals surface area contributed by atoms with Gasteiger partial charge in [0.05, 0.1) is 17.5 Å². The Balaban J connectivity index is 2.04. The average molecular weight is 333 g/mol. The van der Waals surface area contributed by atoms with Crippen LogP contribution in [-0.2, 0) is 0 Å². The summed E-state index contributed by atoms with van der Waals surface area (Å²) in [6.07, 6.45) is 3.24. The van der Waals surface area contributed by atoms with Crippen LogP contribution in [0.2, 0.25) is 0 Å². The first kappa shape index (κ1) is 17.5. The van der Waals surface area contributed by atoms with Crippen LogP contribution in [0.1, 0.15) is 35.9 Å². The van der Waals surface area contributed by atoms with Gasteiger partial charge in [0, 0.05) is 12.2 Å². The molecule has 0 fully saturated rings. The lowest BCUT2D eigenvalue weighted by Gasteiger charge is -2.10. The van der Waals surface area contributed by atoms with Gasteiger partial charge in [-0.3, -0.25) is 4.79 Å². The smallest absolute Gasteiger partial charge is 0.319 e. The molecule has 1 heterocycles. The van der Waals surface area contributed by atoms with Crippen molar-refractivity contribution in [3.63, 3.8) is 0 Å². The van der Waals surface area contributed by atoms with Gasteiger partial charge in [-0.1, -0.05) is 13.3 Å². The summed E-state index contributed by atoms with van der Waals surface area (Å²) in [5.74, 6) is -0.636. The normalized spacial score (nSPS) is 10.3. The number of urea groups is 1. The first-order valence-electron chi connectivity index (χ1n) is 7.71. The molecule has 7 heteroatoms. The van der Waals surface area contributed by atoms with Crippen molar-refractivity contribution >= 4 is 23.3 Å². The predicted molar refractivity (Wildman–Crippen MR) is 89.7 cm³/mol. The summed E-state index contributed by atoms with van der Waals surface area (Å²) in [5.41, 5.74) is 0.682. The molecule has 6 nitrogen and oxygen atoms in total. The number of hydrogen-bond donors (Lipinski definition) is 3. The largest absolute Gasteiger partial charge is 0.469 e. The molecule has 0 radical (unpaired) electrons. The molecular formula is C17H20FN3O3. The Morgan fingerprint density at radius 1 is 1.21 bits per heavy atom. The van der Waals surface area contributed by atoms with Crippen LogP contribution in [0.25, 0.3) is 0 Å². The van der Waals surface area contributed by atoms with Crippen LogP contribution < -0.4 is 16.0 Å². The van der Waals surface area contributed by atoms with Gasteiger partial charge in [-0.2, -0.15) is 0 Å². The Hall–Kier alpha value is -2.83. The second-order valence-corrected chi connectivity index (χ2v) is 5.27. The van der Waals surface area contributed by atoms with Gasteiger partial charge in [0.15, 0.2) is 0 Å². The van der Waals surface area contributed by atoms with E-state index in [4.69, 9.17) is 4.42 Å². The fourth-order valence-electron chi connectivity index (χ4n) is 2.06. The van der Waals surface area contributed by atoms with E-state index in [1.165, 1.54) is 30.5 Å². The molecule has 128 valence electrons. The maximum Gasteiger partial charge on any atom is 0.319 e. The number of carbonyl (C=O) groups is 2. The van der Waals surface area contributed by atoms with E-state index < -0.39 is 11.7 Å². The number of halogens is 1. The lowest BCUT2D eigenvalue weighted by Crippen LogP contribution is -2.29. The molecule has 0 saturated carbocycles. The molecule has 2 rings (SSSR count). The Morgan fingerprint density at radius 3 is 2.67 bits per heavy atom. The average Bonchev–Trinajstić information content (AvgIpc) is 2.97. The van der Waals surface area contributed by atoms with E-state index in [1.807, 2.05) is 6.92 Å². The number of amides is 3. The molecule has 0 aliphatic carbocycles. The van der Waals surface area contributed by atoms with Crippen molar-refractivity contribution < 1.29 is 18.4 Å². The number of aryl methyl sites for hydroxylation is 1. The molecular weight excluding hydrogens is 313 g/mol. The van der Waals surface area contributed by atoms with Gasteiger partial charge < -0.3 is 20.4 Å². The number of hydrogen-bond acceptors (Lipinski definition) is 3.